The van der Waals surface area contributed by atoms with Gasteiger partial charge in [0.25, 0.3) is 0 Å². The summed E-state index contributed by atoms with van der Waals surface area (Å²) in [5.74, 6) is 3.29. The Morgan fingerprint density at radius 1 is 0.440 bits per heavy atom. The Morgan fingerprint density at radius 3 is 1.00 bits per heavy atom. The molecule has 0 saturated heterocycles. The van der Waals surface area contributed by atoms with Crippen LogP contribution in [0.5, 0.6) is 0 Å². The van der Waals surface area contributed by atoms with Gasteiger partial charge in [-0.3, -0.25) is 0 Å². The summed E-state index contributed by atoms with van der Waals surface area (Å²) >= 11 is 0. The van der Waals surface area contributed by atoms with Gasteiger partial charge in [-0.1, -0.05) is 55.4 Å². The molecule has 4 rings (SSSR count). The number of hydrogen-bond donors (Lipinski definition) is 3. The molecule has 0 bridgehead atoms. The Kier molecular flexibility index (Phi) is 32.0. The summed E-state index contributed by atoms with van der Waals surface area (Å²) in [5, 5.41) is 29.2. The van der Waals surface area contributed by atoms with Crippen LogP contribution in [-0.4, -0.2) is 84.5 Å². The molecule has 0 aromatic heterocycles. The molecule has 0 heterocycles. The summed E-state index contributed by atoms with van der Waals surface area (Å²) in [4.78, 5) is 0. The molecule has 3 atom stereocenters. The van der Waals surface area contributed by atoms with Gasteiger partial charge in [-0.2, -0.15) is 0 Å². The largest absolute Gasteiger partial charge is 0.394 e. The van der Waals surface area contributed by atoms with Gasteiger partial charge in [-0.15, -0.1) is 0 Å². The number of hydrogen-bond acceptors (Lipinski definition) is 7. The number of rotatable bonds is 16. The molecule has 7 nitrogen and oxygen atoms in total. The minimum absolute atomic E-state index is 0.0395. The average molecular weight is 717 g/mol. The number of ether oxygens (including phenoxy) is 4. The summed E-state index contributed by atoms with van der Waals surface area (Å²) in [5.41, 5.74) is 0. The first kappa shape index (κ1) is 49.7. The van der Waals surface area contributed by atoms with E-state index in [2.05, 4.69) is 0 Å². The third kappa shape index (κ3) is 22.1. The standard InChI is InChI=1S/C35H64O7.4C2H6/c1-25(37)22-39-32-11-3-27(4-12-32)19-28-5-13-33(14-6-28)40-23-31(38)24-41-34-15-7-29(8-16-34)20-30-9-17-35(18-10-30)42-26(2)21-36;4*1-2/h25-38H,3-24H2,1-2H3;4*1-2H3. The lowest BCUT2D eigenvalue weighted by atomic mass is 9.76. The van der Waals surface area contributed by atoms with Crippen LogP contribution in [0.15, 0.2) is 0 Å². The smallest absolute Gasteiger partial charge is 0.101 e. The van der Waals surface area contributed by atoms with Crippen LogP contribution in [0, 0.1) is 23.7 Å². The van der Waals surface area contributed by atoms with Crippen molar-refractivity contribution in [3.8, 4) is 0 Å². The minimum Gasteiger partial charge on any atom is -0.394 e. The molecule has 4 aliphatic carbocycles. The van der Waals surface area contributed by atoms with E-state index in [-0.39, 0.29) is 31.0 Å². The fourth-order valence-electron chi connectivity index (χ4n) is 8.24. The van der Waals surface area contributed by atoms with Crippen LogP contribution in [0.3, 0.4) is 0 Å². The van der Waals surface area contributed by atoms with E-state index in [9.17, 15) is 15.3 Å². The fourth-order valence-corrected chi connectivity index (χ4v) is 8.24. The molecule has 302 valence electrons. The van der Waals surface area contributed by atoms with Gasteiger partial charge in [0.05, 0.1) is 63.1 Å². The van der Waals surface area contributed by atoms with Crippen LogP contribution in [-0.2, 0) is 18.9 Å². The van der Waals surface area contributed by atoms with Crippen molar-refractivity contribution in [2.45, 2.75) is 228 Å². The molecule has 0 spiro atoms. The Balaban J connectivity index is 0.00000280. The van der Waals surface area contributed by atoms with Crippen LogP contribution >= 0.6 is 0 Å². The van der Waals surface area contributed by atoms with Crippen molar-refractivity contribution in [2.75, 3.05) is 26.4 Å². The van der Waals surface area contributed by atoms with Gasteiger partial charge in [-0.25, -0.2) is 0 Å². The Hall–Kier alpha value is -0.280. The van der Waals surface area contributed by atoms with Crippen molar-refractivity contribution in [1.82, 2.24) is 0 Å². The molecule has 0 aromatic carbocycles. The first-order valence-electron chi connectivity index (χ1n) is 21.8. The van der Waals surface area contributed by atoms with E-state index in [0.29, 0.717) is 32.0 Å². The van der Waals surface area contributed by atoms with E-state index in [1.807, 2.05) is 62.3 Å². The van der Waals surface area contributed by atoms with Crippen LogP contribution in [0.4, 0.5) is 0 Å². The fraction of sp³-hybridized carbons (Fsp3) is 1.00. The molecule has 3 unspecified atom stereocenters. The molecule has 0 amide bonds. The number of aliphatic hydroxyl groups excluding tert-OH is 3. The quantitative estimate of drug-likeness (QED) is 0.146. The highest BCUT2D eigenvalue weighted by Gasteiger charge is 2.30. The van der Waals surface area contributed by atoms with Crippen molar-refractivity contribution < 1.29 is 34.3 Å². The SMILES string of the molecule is CC.CC.CC.CC.CC(O)COC1CCC(CC2CCC(OCC(O)COC3CCC(CC4CCC(OC(C)CO)CC4)CC3)CC2)CC1. The molecule has 0 aromatic rings. The zero-order valence-electron chi connectivity index (χ0n) is 34.9. The summed E-state index contributed by atoms with van der Waals surface area (Å²) in [7, 11) is 0. The molecular weight excluding hydrogens is 628 g/mol. The topological polar surface area (TPSA) is 97.6 Å². The van der Waals surface area contributed by atoms with Gasteiger partial charge < -0.3 is 34.3 Å². The van der Waals surface area contributed by atoms with E-state index >= 15 is 0 Å². The minimum atomic E-state index is -0.530. The van der Waals surface area contributed by atoms with Gasteiger partial charge in [-0.05, 0) is 153 Å². The number of aliphatic hydroxyl groups is 3. The van der Waals surface area contributed by atoms with Crippen molar-refractivity contribution in [3.63, 3.8) is 0 Å². The van der Waals surface area contributed by atoms with Crippen molar-refractivity contribution in [3.05, 3.63) is 0 Å². The van der Waals surface area contributed by atoms with Crippen molar-refractivity contribution in [2.24, 2.45) is 23.7 Å². The van der Waals surface area contributed by atoms with E-state index < -0.39 is 6.10 Å². The molecular formula is C43H88O7. The normalized spacial score (nSPS) is 31.4. The highest BCUT2D eigenvalue weighted by molar-refractivity contribution is 4.81. The van der Waals surface area contributed by atoms with E-state index in [4.69, 9.17) is 18.9 Å². The summed E-state index contributed by atoms with van der Waals surface area (Å²) in [6, 6.07) is 0. The molecule has 3 N–H and O–H groups in total. The molecule has 4 fully saturated rings. The van der Waals surface area contributed by atoms with Crippen molar-refractivity contribution in [1.29, 1.82) is 0 Å². The van der Waals surface area contributed by atoms with E-state index in [1.165, 1.54) is 64.2 Å². The highest BCUT2D eigenvalue weighted by Crippen LogP contribution is 2.38. The monoisotopic (exact) mass is 717 g/mol. The first-order valence-corrected chi connectivity index (χ1v) is 21.8. The lowest BCUT2D eigenvalue weighted by Crippen LogP contribution is -2.32. The predicted octanol–water partition coefficient (Wildman–Crippen LogP) is 10.3. The van der Waals surface area contributed by atoms with Gasteiger partial charge in [0.15, 0.2) is 0 Å². The first-order chi connectivity index (χ1) is 24.4. The van der Waals surface area contributed by atoms with Gasteiger partial charge >= 0.3 is 0 Å². The Morgan fingerprint density at radius 2 is 0.720 bits per heavy atom. The zero-order chi connectivity index (χ0) is 37.7. The molecule has 0 radical (unpaired) electrons. The van der Waals surface area contributed by atoms with Crippen LogP contribution < -0.4 is 0 Å². The van der Waals surface area contributed by atoms with Gasteiger partial charge in [0, 0.05) is 0 Å². The second-order valence-electron chi connectivity index (χ2n) is 14.7. The zero-order valence-corrected chi connectivity index (χ0v) is 34.9. The molecule has 4 aliphatic rings. The van der Waals surface area contributed by atoms with Crippen LogP contribution in [0.2, 0.25) is 0 Å². The predicted molar refractivity (Wildman–Crippen MR) is 211 cm³/mol. The second-order valence-corrected chi connectivity index (χ2v) is 14.7. The highest BCUT2D eigenvalue weighted by atomic mass is 16.5. The van der Waals surface area contributed by atoms with E-state index in [1.54, 1.807) is 6.92 Å². The van der Waals surface area contributed by atoms with Crippen LogP contribution in [0.1, 0.15) is 185 Å². The third-order valence-corrected chi connectivity index (χ3v) is 10.8. The molecule has 7 heteroatoms. The summed E-state index contributed by atoms with van der Waals surface area (Å²) < 4.78 is 24.0. The van der Waals surface area contributed by atoms with Gasteiger partial charge in [0.1, 0.15) is 6.10 Å². The lowest BCUT2D eigenvalue weighted by molar-refractivity contribution is -0.0787. The molecule has 4 saturated carbocycles. The Bertz CT molecular complexity index is 689. The Labute approximate surface area is 311 Å². The van der Waals surface area contributed by atoms with Gasteiger partial charge in [0.2, 0.25) is 0 Å². The van der Waals surface area contributed by atoms with E-state index in [0.717, 1.165) is 75.0 Å². The lowest BCUT2D eigenvalue weighted by Gasteiger charge is -2.35. The maximum atomic E-state index is 10.5. The second kappa shape index (κ2) is 32.2. The third-order valence-electron chi connectivity index (χ3n) is 10.8. The summed E-state index contributed by atoms with van der Waals surface area (Å²) in [6.07, 6.45) is 22.1. The average Bonchev–Trinajstić information content (AvgIpc) is 3.18. The maximum absolute atomic E-state index is 10.5. The maximum Gasteiger partial charge on any atom is 0.101 e. The molecule has 50 heavy (non-hydrogen) atoms. The molecule has 0 aliphatic heterocycles. The van der Waals surface area contributed by atoms with Crippen LogP contribution in [0.25, 0.3) is 0 Å². The summed E-state index contributed by atoms with van der Waals surface area (Å²) in [6.45, 7) is 21.1. The van der Waals surface area contributed by atoms with Crippen molar-refractivity contribution >= 4 is 0 Å².